The number of amides is 1. The standard InChI is InChI=1S/C10H11NO3.C2H4/c12-8-3-5-11(6-4-8)10(13)9-2-1-7-14-9;1-2/h1-2,7H,3-6H2;1-2H2. The van der Waals surface area contributed by atoms with E-state index in [0.717, 1.165) is 0 Å². The first-order chi connectivity index (χ1) is 7.77. The highest BCUT2D eigenvalue weighted by atomic mass is 16.3. The Balaban J connectivity index is 0.000000606. The molecule has 1 fully saturated rings. The molecular weight excluding hydrogens is 206 g/mol. The number of furan rings is 1. The molecule has 86 valence electrons. The average Bonchev–Trinajstić information content (AvgIpc) is 2.85. The van der Waals surface area contributed by atoms with Crippen LogP contribution in [-0.2, 0) is 4.79 Å². The van der Waals surface area contributed by atoms with E-state index in [4.69, 9.17) is 4.42 Å². The predicted octanol–water partition coefficient (Wildman–Crippen LogP) is 1.89. The van der Waals surface area contributed by atoms with Gasteiger partial charge in [0.1, 0.15) is 5.78 Å². The Hall–Kier alpha value is -1.84. The minimum absolute atomic E-state index is 0.123. The van der Waals surface area contributed by atoms with Gasteiger partial charge in [-0.05, 0) is 12.1 Å². The number of carbonyl (C=O) groups excluding carboxylic acids is 2. The molecule has 0 bridgehead atoms. The molecule has 0 saturated carbocycles. The molecule has 0 aliphatic carbocycles. The molecule has 2 rings (SSSR count). The molecule has 0 N–H and O–H groups in total. The number of hydrogen-bond donors (Lipinski definition) is 0. The van der Waals surface area contributed by atoms with Gasteiger partial charge in [-0.1, -0.05) is 0 Å². The van der Waals surface area contributed by atoms with Gasteiger partial charge in [0.2, 0.25) is 0 Å². The van der Waals surface area contributed by atoms with E-state index >= 15 is 0 Å². The zero-order valence-electron chi connectivity index (χ0n) is 9.15. The Morgan fingerprint density at radius 2 is 1.94 bits per heavy atom. The molecule has 0 spiro atoms. The van der Waals surface area contributed by atoms with Crippen LogP contribution in [0.15, 0.2) is 36.0 Å². The molecule has 16 heavy (non-hydrogen) atoms. The van der Waals surface area contributed by atoms with Crippen molar-refractivity contribution in [2.75, 3.05) is 13.1 Å². The Bertz CT molecular complexity index is 346. The minimum atomic E-state index is -0.123. The second kappa shape index (κ2) is 5.90. The first-order valence-electron chi connectivity index (χ1n) is 5.12. The second-order valence-electron chi connectivity index (χ2n) is 3.31. The van der Waals surface area contributed by atoms with Crippen molar-refractivity contribution < 1.29 is 14.0 Å². The molecule has 4 nitrogen and oxygen atoms in total. The van der Waals surface area contributed by atoms with Crippen molar-refractivity contribution in [3.8, 4) is 0 Å². The van der Waals surface area contributed by atoms with Crippen molar-refractivity contribution in [1.82, 2.24) is 4.90 Å². The third-order valence-corrected chi connectivity index (χ3v) is 2.34. The number of piperidine rings is 1. The number of likely N-dealkylation sites (tertiary alicyclic amines) is 1. The number of ketones is 1. The third kappa shape index (κ3) is 2.82. The van der Waals surface area contributed by atoms with E-state index in [-0.39, 0.29) is 11.7 Å². The van der Waals surface area contributed by atoms with Crippen LogP contribution >= 0.6 is 0 Å². The topological polar surface area (TPSA) is 50.5 Å². The average molecular weight is 221 g/mol. The lowest BCUT2D eigenvalue weighted by Crippen LogP contribution is -2.38. The summed E-state index contributed by atoms with van der Waals surface area (Å²) in [5, 5.41) is 0. The first kappa shape index (κ1) is 12.2. The summed E-state index contributed by atoms with van der Waals surface area (Å²) in [5.41, 5.74) is 0. The summed E-state index contributed by atoms with van der Waals surface area (Å²) < 4.78 is 5.00. The van der Waals surface area contributed by atoms with E-state index in [1.165, 1.54) is 6.26 Å². The van der Waals surface area contributed by atoms with Crippen molar-refractivity contribution >= 4 is 11.7 Å². The highest BCUT2D eigenvalue weighted by Crippen LogP contribution is 2.11. The van der Waals surface area contributed by atoms with Gasteiger partial charge in [0.25, 0.3) is 5.91 Å². The lowest BCUT2D eigenvalue weighted by molar-refractivity contribution is -0.120. The number of rotatable bonds is 1. The van der Waals surface area contributed by atoms with Crippen LogP contribution in [0.2, 0.25) is 0 Å². The number of nitrogens with zero attached hydrogens (tertiary/aromatic N) is 1. The molecule has 1 aliphatic rings. The van der Waals surface area contributed by atoms with Gasteiger partial charge in [0.05, 0.1) is 6.26 Å². The zero-order chi connectivity index (χ0) is 12.0. The van der Waals surface area contributed by atoms with Crippen molar-refractivity contribution in [3.63, 3.8) is 0 Å². The Labute approximate surface area is 94.5 Å². The molecule has 1 amide bonds. The van der Waals surface area contributed by atoms with Crippen LogP contribution in [0.25, 0.3) is 0 Å². The summed E-state index contributed by atoms with van der Waals surface area (Å²) in [4.78, 5) is 24.3. The van der Waals surface area contributed by atoms with Gasteiger partial charge in [-0.2, -0.15) is 0 Å². The summed E-state index contributed by atoms with van der Waals surface area (Å²) >= 11 is 0. The Morgan fingerprint density at radius 1 is 1.31 bits per heavy atom. The number of hydrogen-bond acceptors (Lipinski definition) is 3. The number of carbonyl (C=O) groups is 2. The van der Waals surface area contributed by atoms with Gasteiger partial charge in [0.15, 0.2) is 5.76 Å². The molecule has 0 aromatic carbocycles. The molecule has 1 aromatic rings. The predicted molar refractivity (Wildman–Crippen MR) is 60.1 cm³/mol. The Kier molecular flexibility index (Phi) is 4.51. The van der Waals surface area contributed by atoms with Gasteiger partial charge in [-0.25, -0.2) is 0 Å². The van der Waals surface area contributed by atoms with E-state index in [9.17, 15) is 9.59 Å². The van der Waals surface area contributed by atoms with Crippen LogP contribution in [0.3, 0.4) is 0 Å². The highest BCUT2D eigenvalue weighted by Gasteiger charge is 2.23. The lowest BCUT2D eigenvalue weighted by Gasteiger charge is -2.24. The molecule has 1 saturated heterocycles. The van der Waals surface area contributed by atoms with Crippen molar-refractivity contribution in [3.05, 3.63) is 37.3 Å². The summed E-state index contributed by atoms with van der Waals surface area (Å²) in [5.74, 6) is 0.454. The highest BCUT2D eigenvalue weighted by molar-refractivity contribution is 5.93. The van der Waals surface area contributed by atoms with Crippen LogP contribution in [0.4, 0.5) is 0 Å². The maximum Gasteiger partial charge on any atom is 0.289 e. The van der Waals surface area contributed by atoms with Crippen LogP contribution < -0.4 is 0 Å². The molecule has 0 radical (unpaired) electrons. The molecule has 1 aliphatic heterocycles. The van der Waals surface area contributed by atoms with Crippen LogP contribution in [0.5, 0.6) is 0 Å². The van der Waals surface area contributed by atoms with E-state index in [1.54, 1.807) is 17.0 Å². The number of Topliss-reactive ketones (excluding diaryl/α,β-unsaturated/α-hetero) is 1. The fraction of sp³-hybridized carbons (Fsp3) is 0.333. The summed E-state index contributed by atoms with van der Waals surface area (Å²) in [6.45, 7) is 7.02. The molecule has 0 unspecified atom stereocenters. The van der Waals surface area contributed by atoms with Crippen LogP contribution in [0.1, 0.15) is 23.4 Å². The van der Waals surface area contributed by atoms with E-state index in [2.05, 4.69) is 13.2 Å². The van der Waals surface area contributed by atoms with Gasteiger partial charge in [-0.3, -0.25) is 9.59 Å². The van der Waals surface area contributed by atoms with E-state index in [0.29, 0.717) is 31.7 Å². The summed E-state index contributed by atoms with van der Waals surface area (Å²) in [7, 11) is 0. The van der Waals surface area contributed by atoms with Gasteiger partial charge >= 0.3 is 0 Å². The molecule has 0 atom stereocenters. The molecule has 1 aromatic heterocycles. The zero-order valence-corrected chi connectivity index (χ0v) is 9.15. The van der Waals surface area contributed by atoms with E-state index in [1.807, 2.05) is 0 Å². The summed E-state index contributed by atoms with van der Waals surface area (Å²) in [6, 6.07) is 3.32. The van der Waals surface area contributed by atoms with Crippen LogP contribution in [-0.4, -0.2) is 29.7 Å². The SMILES string of the molecule is C=C.O=C1CCN(C(=O)c2ccco2)CC1. The fourth-order valence-electron chi connectivity index (χ4n) is 1.52. The van der Waals surface area contributed by atoms with Gasteiger partial charge in [0, 0.05) is 25.9 Å². The Morgan fingerprint density at radius 3 is 2.44 bits per heavy atom. The normalized spacial score (nSPS) is 15.2. The molecular formula is C12H15NO3. The minimum Gasteiger partial charge on any atom is -0.459 e. The maximum absolute atomic E-state index is 11.7. The third-order valence-electron chi connectivity index (χ3n) is 2.34. The smallest absolute Gasteiger partial charge is 0.289 e. The second-order valence-corrected chi connectivity index (χ2v) is 3.31. The lowest BCUT2D eigenvalue weighted by atomic mass is 10.1. The van der Waals surface area contributed by atoms with E-state index < -0.39 is 0 Å². The largest absolute Gasteiger partial charge is 0.459 e. The van der Waals surface area contributed by atoms with Gasteiger partial charge in [-0.15, -0.1) is 13.2 Å². The summed E-state index contributed by atoms with van der Waals surface area (Å²) in [6.07, 6.45) is 2.40. The molecule has 4 heteroatoms. The van der Waals surface area contributed by atoms with Crippen molar-refractivity contribution in [2.24, 2.45) is 0 Å². The fourth-order valence-corrected chi connectivity index (χ4v) is 1.52. The van der Waals surface area contributed by atoms with Crippen molar-refractivity contribution in [2.45, 2.75) is 12.8 Å². The quantitative estimate of drug-likeness (QED) is 0.680. The van der Waals surface area contributed by atoms with Crippen molar-refractivity contribution in [1.29, 1.82) is 0 Å². The molecule has 2 heterocycles. The van der Waals surface area contributed by atoms with Gasteiger partial charge < -0.3 is 9.32 Å². The van der Waals surface area contributed by atoms with Crippen LogP contribution in [0, 0.1) is 0 Å². The first-order valence-corrected chi connectivity index (χ1v) is 5.12. The maximum atomic E-state index is 11.7. The monoisotopic (exact) mass is 221 g/mol.